The summed E-state index contributed by atoms with van der Waals surface area (Å²) in [6.07, 6.45) is 4.33. The summed E-state index contributed by atoms with van der Waals surface area (Å²) in [5.74, 6) is 0.741. The molecule has 1 aliphatic heterocycles. The summed E-state index contributed by atoms with van der Waals surface area (Å²) in [5.41, 5.74) is -0.183. The number of hydrogen-bond donors (Lipinski definition) is 1. The van der Waals surface area contributed by atoms with Crippen LogP contribution >= 0.6 is 0 Å². The number of Topliss-reactive ketones (excluding diaryl/α,β-unsaturated/α-hetero) is 1. The molecule has 1 aromatic rings. The molecule has 1 atom stereocenters. The highest BCUT2D eigenvalue weighted by Crippen LogP contribution is 2.22. The zero-order chi connectivity index (χ0) is 11.5. The number of hydrogen-bond acceptors (Lipinski definition) is 4. The molecule has 5 heteroatoms. The van der Waals surface area contributed by atoms with Crippen LogP contribution in [0.1, 0.15) is 26.2 Å². The van der Waals surface area contributed by atoms with Gasteiger partial charge in [-0.15, -0.1) is 0 Å². The van der Waals surface area contributed by atoms with Crippen molar-refractivity contribution < 1.29 is 4.79 Å². The second kappa shape index (κ2) is 4.47. The van der Waals surface area contributed by atoms with Gasteiger partial charge in [-0.05, 0) is 26.2 Å². The maximum Gasteiger partial charge on any atom is 0.252 e. The van der Waals surface area contributed by atoms with Gasteiger partial charge in [-0.3, -0.25) is 9.59 Å². The third-order valence-electron chi connectivity index (χ3n) is 2.93. The molecule has 0 aromatic carbocycles. The van der Waals surface area contributed by atoms with Crippen molar-refractivity contribution in [2.45, 2.75) is 32.2 Å². The highest BCUT2D eigenvalue weighted by Gasteiger charge is 2.26. The molecule has 0 saturated carbocycles. The Balaban J connectivity index is 2.30. The first kappa shape index (κ1) is 10.9. The van der Waals surface area contributed by atoms with E-state index in [0.29, 0.717) is 5.82 Å². The van der Waals surface area contributed by atoms with Gasteiger partial charge in [0.25, 0.3) is 5.56 Å². The van der Waals surface area contributed by atoms with Crippen molar-refractivity contribution in [2.24, 2.45) is 0 Å². The van der Waals surface area contributed by atoms with E-state index in [1.807, 2.05) is 4.90 Å². The number of anilines is 1. The average molecular weight is 221 g/mol. The lowest BCUT2D eigenvalue weighted by Crippen LogP contribution is -2.44. The number of aromatic nitrogens is 2. The zero-order valence-corrected chi connectivity index (χ0v) is 9.27. The fourth-order valence-electron chi connectivity index (χ4n) is 2.14. The Hall–Kier alpha value is -1.65. The van der Waals surface area contributed by atoms with Crippen molar-refractivity contribution in [1.82, 2.24) is 9.97 Å². The highest BCUT2D eigenvalue weighted by molar-refractivity contribution is 5.84. The van der Waals surface area contributed by atoms with Gasteiger partial charge in [-0.2, -0.15) is 0 Å². The molecule has 5 nitrogen and oxygen atoms in total. The van der Waals surface area contributed by atoms with Crippen LogP contribution in [-0.4, -0.2) is 28.3 Å². The smallest absolute Gasteiger partial charge is 0.252 e. The minimum atomic E-state index is -0.183. The fraction of sp³-hybridized carbons (Fsp3) is 0.545. The second-order valence-electron chi connectivity index (χ2n) is 4.08. The number of carbonyl (C=O) groups is 1. The largest absolute Gasteiger partial charge is 0.346 e. The van der Waals surface area contributed by atoms with E-state index >= 15 is 0 Å². The Morgan fingerprint density at radius 1 is 1.56 bits per heavy atom. The van der Waals surface area contributed by atoms with Crippen molar-refractivity contribution in [3.8, 4) is 0 Å². The molecular formula is C11H15N3O2. The number of H-pyrrole nitrogens is 1. The van der Waals surface area contributed by atoms with Crippen LogP contribution < -0.4 is 10.5 Å². The lowest BCUT2D eigenvalue weighted by atomic mass is 9.99. The van der Waals surface area contributed by atoms with Gasteiger partial charge in [0, 0.05) is 12.6 Å². The Bertz CT molecular complexity index is 441. The van der Waals surface area contributed by atoms with E-state index in [2.05, 4.69) is 9.97 Å². The molecule has 86 valence electrons. The van der Waals surface area contributed by atoms with E-state index in [0.717, 1.165) is 25.8 Å². The van der Waals surface area contributed by atoms with Crippen molar-refractivity contribution in [3.63, 3.8) is 0 Å². The minimum absolute atomic E-state index is 0.122. The second-order valence-corrected chi connectivity index (χ2v) is 4.08. The maximum atomic E-state index is 11.5. The van der Waals surface area contributed by atoms with Crippen LogP contribution in [0.25, 0.3) is 0 Å². The van der Waals surface area contributed by atoms with Gasteiger partial charge < -0.3 is 9.88 Å². The van der Waals surface area contributed by atoms with Crippen LogP contribution in [0.4, 0.5) is 5.82 Å². The van der Waals surface area contributed by atoms with Crippen LogP contribution in [0.5, 0.6) is 0 Å². The van der Waals surface area contributed by atoms with Gasteiger partial charge in [0.1, 0.15) is 5.82 Å². The fourth-order valence-corrected chi connectivity index (χ4v) is 2.14. The molecule has 1 aromatic heterocycles. The van der Waals surface area contributed by atoms with Crippen molar-refractivity contribution in [2.75, 3.05) is 11.4 Å². The van der Waals surface area contributed by atoms with Gasteiger partial charge in [-0.25, -0.2) is 4.98 Å². The van der Waals surface area contributed by atoms with E-state index < -0.39 is 0 Å². The SMILES string of the molecule is CC(=O)C1CCCCN1c1cc(=O)[nH]cn1. The topological polar surface area (TPSA) is 66.1 Å². The third-order valence-corrected chi connectivity index (χ3v) is 2.93. The summed E-state index contributed by atoms with van der Waals surface area (Å²) >= 11 is 0. The quantitative estimate of drug-likeness (QED) is 0.799. The summed E-state index contributed by atoms with van der Waals surface area (Å²) in [5, 5.41) is 0. The third kappa shape index (κ3) is 2.13. The summed E-state index contributed by atoms with van der Waals surface area (Å²) < 4.78 is 0. The molecule has 2 rings (SSSR count). The Kier molecular flexibility index (Phi) is 3.03. The first-order valence-corrected chi connectivity index (χ1v) is 5.50. The Morgan fingerprint density at radius 3 is 3.06 bits per heavy atom. The molecule has 0 bridgehead atoms. The van der Waals surface area contributed by atoms with Crippen LogP contribution in [0.2, 0.25) is 0 Å². The van der Waals surface area contributed by atoms with Crippen LogP contribution in [0.15, 0.2) is 17.2 Å². The van der Waals surface area contributed by atoms with Crippen LogP contribution in [-0.2, 0) is 4.79 Å². The number of rotatable bonds is 2. The number of aromatic amines is 1. The molecule has 1 fully saturated rings. The van der Waals surface area contributed by atoms with Gasteiger partial charge in [-0.1, -0.05) is 0 Å². The number of nitrogens with one attached hydrogen (secondary N) is 1. The van der Waals surface area contributed by atoms with Gasteiger partial charge in [0.15, 0.2) is 5.78 Å². The first-order chi connectivity index (χ1) is 7.68. The number of ketones is 1. The van der Waals surface area contributed by atoms with E-state index in [1.165, 1.54) is 12.4 Å². The molecule has 1 unspecified atom stereocenters. The normalized spacial score (nSPS) is 20.8. The molecule has 0 amide bonds. The molecule has 0 aliphatic carbocycles. The van der Waals surface area contributed by atoms with Crippen LogP contribution in [0.3, 0.4) is 0 Å². The lowest BCUT2D eigenvalue weighted by molar-refractivity contribution is -0.118. The maximum absolute atomic E-state index is 11.5. The molecule has 0 radical (unpaired) electrons. The molecular weight excluding hydrogens is 206 g/mol. The molecule has 0 spiro atoms. The molecule has 2 heterocycles. The summed E-state index contributed by atoms with van der Waals surface area (Å²) in [6.45, 7) is 2.39. The van der Waals surface area contributed by atoms with Crippen molar-refractivity contribution >= 4 is 11.6 Å². The number of carbonyl (C=O) groups excluding carboxylic acids is 1. The summed E-state index contributed by atoms with van der Waals surface area (Å²) in [6, 6.07) is 1.32. The molecule has 1 N–H and O–H groups in total. The van der Waals surface area contributed by atoms with Gasteiger partial charge in [0.05, 0.1) is 12.4 Å². The standard InChI is InChI=1S/C11H15N3O2/c1-8(15)9-4-2-3-5-14(9)10-6-11(16)13-7-12-10/h6-7,9H,2-5H2,1H3,(H,12,13,16). The summed E-state index contributed by atoms with van der Waals surface area (Å²) in [7, 11) is 0. The Morgan fingerprint density at radius 2 is 2.38 bits per heavy atom. The number of piperidine rings is 1. The number of nitrogens with zero attached hydrogens (tertiary/aromatic N) is 2. The van der Waals surface area contributed by atoms with Crippen molar-refractivity contribution in [1.29, 1.82) is 0 Å². The Labute approximate surface area is 93.5 Å². The monoisotopic (exact) mass is 221 g/mol. The van der Waals surface area contributed by atoms with Gasteiger partial charge >= 0.3 is 0 Å². The molecule has 16 heavy (non-hydrogen) atoms. The average Bonchev–Trinajstić information content (AvgIpc) is 2.29. The van der Waals surface area contributed by atoms with E-state index in [4.69, 9.17) is 0 Å². The predicted molar refractivity (Wildman–Crippen MR) is 60.5 cm³/mol. The zero-order valence-electron chi connectivity index (χ0n) is 9.27. The van der Waals surface area contributed by atoms with E-state index in [9.17, 15) is 9.59 Å². The summed E-state index contributed by atoms with van der Waals surface area (Å²) in [4.78, 5) is 31.2. The molecule has 1 aliphatic rings. The predicted octanol–water partition coefficient (Wildman–Crippen LogP) is 0.718. The van der Waals surface area contributed by atoms with Crippen molar-refractivity contribution in [3.05, 3.63) is 22.7 Å². The van der Waals surface area contributed by atoms with E-state index in [-0.39, 0.29) is 17.4 Å². The van der Waals surface area contributed by atoms with E-state index in [1.54, 1.807) is 6.92 Å². The minimum Gasteiger partial charge on any atom is -0.346 e. The molecule has 1 saturated heterocycles. The first-order valence-electron chi connectivity index (χ1n) is 5.50. The van der Waals surface area contributed by atoms with Crippen LogP contribution in [0, 0.1) is 0 Å². The lowest BCUT2D eigenvalue weighted by Gasteiger charge is -2.34. The highest BCUT2D eigenvalue weighted by atomic mass is 16.1. The van der Waals surface area contributed by atoms with Gasteiger partial charge in [0.2, 0.25) is 0 Å².